The van der Waals surface area contributed by atoms with E-state index in [1.807, 2.05) is 31.2 Å². The Balaban J connectivity index is 2.16. The molecule has 3 aromatic carbocycles. The van der Waals surface area contributed by atoms with Crippen LogP contribution in [-0.2, 0) is 0 Å². The Morgan fingerprint density at radius 3 is 2.19 bits per heavy atom. The number of hydrogen-bond acceptors (Lipinski definition) is 5. The number of aromatic hydroxyl groups is 3. The Hall–Kier alpha value is -3.73. The van der Waals surface area contributed by atoms with E-state index in [-0.39, 0.29) is 16.5 Å². The smallest absolute Gasteiger partial charge is 0.202 e. The van der Waals surface area contributed by atoms with Crippen LogP contribution in [0.2, 0.25) is 0 Å². The molecule has 0 radical (unpaired) electrons. The van der Waals surface area contributed by atoms with E-state index in [1.54, 1.807) is 30.3 Å². The first kappa shape index (κ1) is 16.7. The first-order valence-electron chi connectivity index (χ1n) is 8.34. The Labute approximate surface area is 154 Å². The minimum absolute atomic E-state index is 0.0137. The number of fused-ring (bicyclic) bond motifs is 1. The number of phenols is 3. The molecule has 0 amide bonds. The first-order valence-corrected chi connectivity index (χ1v) is 8.34. The number of benzene rings is 3. The molecule has 0 bridgehead atoms. The molecule has 5 heteroatoms. The van der Waals surface area contributed by atoms with Gasteiger partial charge in [0.1, 0.15) is 11.1 Å². The molecule has 0 aliphatic heterocycles. The van der Waals surface area contributed by atoms with Gasteiger partial charge in [0.25, 0.3) is 0 Å². The second-order valence-electron chi connectivity index (χ2n) is 6.34. The summed E-state index contributed by atoms with van der Waals surface area (Å²) in [5, 5.41) is 30.7. The quantitative estimate of drug-likeness (QED) is 0.456. The van der Waals surface area contributed by atoms with Crippen molar-refractivity contribution in [2.75, 3.05) is 0 Å². The van der Waals surface area contributed by atoms with Crippen molar-refractivity contribution in [3.8, 4) is 39.7 Å². The van der Waals surface area contributed by atoms with Gasteiger partial charge in [-0.25, -0.2) is 0 Å². The summed E-state index contributed by atoms with van der Waals surface area (Å²) < 4.78 is 5.94. The fraction of sp³-hybridized carbons (Fsp3) is 0.0455. The highest BCUT2D eigenvalue weighted by Gasteiger charge is 2.24. The maximum atomic E-state index is 12.7. The van der Waals surface area contributed by atoms with Crippen LogP contribution in [0.3, 0.4) is 0 Å². The zero-order chi connectivity index (χ0) is 19.1. The Morgan fingerprint density at radius 1 is 0.778 bits per heavy atom. The van der Waals surface area contributed by atoms with Gasteiger partial charge in [-0.1, -0.05) is 60.2 Å². The Morgan fingerprint density at radius 2 is 1.48 bits per heavy atom. The van der Waals surface area contributed by atoms with Crippen molar-refractivity contribution in [1.82, 2.24) is 0 Å². The van der Waals surface area contributed by atoms with Crippen LogP contribution in [0.4, 0.5) is 0 Å². The highest BCUT2D eigenvalue weighted by molar-refractivity contribution is 6.02. The SMILES string of the molecule is Cc1cccc(-c2c(O)c(O)c(O)c3c(=O)cc(-c4ccccc4)oc23)c1. The largest absolute Gasteiger partial charge is 0.504 e. The molecule has 4 aromatic rings. The van der Waals surface area contributed by atoms with Gasteiger partial charge in [-0.15, -0.1) is 0 Å². The summed E-state index contributed by atoms with van der Waals surface area (Å²) >= 11 is 0. The minimum atomic E-state index is -0.751. The second-order valence-corrected chi connectivity index (χ2v) is 6.34. The third-order valence-corrected chi connectivity index (χ3v) is 4.46. The van der Waals surface area contributed by atoms with Gasteiger partial charge in [0.2, 0.25) is 5.75 Å². The van der Waals surface area contributed by atoms with Crippen molar-refractivity contribution in [2.45, 2.75) is 6.92 Å². The van der Waals surface area contributed by atoms with Gasteiger partial charge in [-0.3, -0.25) is 4.79 Å². The highest BCUT2D eigenvalue weighted by Crippen LogP contribution is 2.48. The number of hydrogen-bond donors (Lipinski definition) is 3. The molecule has 5 nitrogen and oxygen atoms in total. The summed E-state index contributed by atoms with van der Waals surface area (Å²) in [5.41, 5.74) is 1.81. The first-order chi connectivity index (χ1) is 13.0. The molecule has 0 saturated heterocycles. The molecule has 134 valence electrons. The van der Waals surface area contributed by atoms with Crippen molar-refractivity contribution in [2.24, 2.45) is 0 Å². The lowest BCUT2D eigenvalue weighted by Gasteiger charge is -2.13. The van der Waals surface area contributed by atoms with Crippen LogP contribution in [0, 0.1) is 6.92 Å². The molecule has 0 spiro atoms. The zero-order valence-electron chi connectivity index (χ0n) is 14.4. The molecule has 1 heterocycles. The fourth-order valence-corrected chi connectivity index (χ4v) is 3.16. The normalized spacial score (nSPS) is 11.0. The molecule has 0 aliphatic rings. The van der Waals surface area contributed by atoms with E-state index in [1.165, 1.54) is 6.07 Å². The highest BCUT2D eigenvalue weighted by atomic mass is 16.3. The minimum Gasteiger partial charge on any atom is -0.504 e. The summed E-state index contributed by atoms with van der Waals surface area (Å²) in [6.45, 7) is 1.88. The average molecular weight is 360 g/mol. The van der Waals surface area contributed by atoms with E-state index in [4.69, 9.17) is 4.42 Å². The van der Waals surface area contributed by atoms with E-state index < -0.39 is 22.7 Å². The zero-order valence-corrected chi connectivity index (χ0v) is 14.4. The fourth-order valence-electron chi connectivity index (χ4n) is 3.16. The molecule has 0 aliphatic carbocycles. The van der Waals surface area contributed by atoms with Crippen molar-refractivity contribution < 1.29 is 19.7 Å². The maximum absolute atomic E-state index is 12.7. The summed E-state index contributed by atoms with van der Waals surface area (Å²) in [4.78, 5) is 12.7. The maximum Gasteiger partial charge on any atom is 0.202 e. The van der Waals surface area contributed by atoms with E-state index in [9.17, 15) is 20.1 Å². The lowest BCUT2D eigenvalue weighted by atomic mass is 9.98. The van der Waals surface area contributed by atoms with E-state index >= 15 is 0 Å². The molecule has 0 unspecified atom stereocenters. The van der Waals surface area contributed by atoms with E-state index in [2.05, 4.69) is 0 Å². The van der Waals surface area contributed by atoms with Gasteiger partial charge in [0.05, 0.1) is 5.56 Å². The van der Waals surface area contributed by atoms with Gasteiger partial charge in [-0.05, 0) is 12.5 Å². The van der Waals surface area contributed by atoms with Crippen LogP contribution in [0.5, 0.6) is 17.2 Å². The lowest BCUT2D eigenvalue weighted by Crippen LogP contribution is -2.02. The third-order valence-electron chi connectivity index (χ3n) is 4.46. The molecule has 27 heavy (non-hydrogen) atoms. The van der Waals surface area contributed by atoms with Crippen molar-refractivity contribution in [1.29, 1.82) is 0 Å². The molecule has 0 atom stereocenters. The molecule has 0 saturated carbocycles. The van der Waals surface area contributed by atoms with Gasteiger partial charge in [0.15, 0.2) is 22.5 Å². The molecular weight excluding hydrogens is 344 g/mol. The molecule has 3 N–H and O–H groups in total. The van der Waals surface area contributed by atoms with Gasteiger partial charge < -0.3 is 19.7 Å². The van der Waals surface area contributed by atoms with E-state index in [0.29, 0.717) is 16.9 Å². The van der Waals surface area contributed by atoms with Gasteiger partial charge >= 0.3 is 0 Å². The Bertz CT molecular complexity index is 1220. The van der Waals surface area contributed by atoms with Crippen LogP contribution < -0.4 is 5.43 Å². The standard InChI is InChI=1S/C22H16O5/c1-12-6-5-9-14(10-12)17-19(24)21(26)20(25)18-15(23)11-16(27-22(17)18)13-7-3-2-4-8-13/h2-11,24-26H,1H3. The predicted molar refractivity (Wildman–Crippen MR) is 103 cm³/mol. The van der Waals surface area contributed by atoms with Crippen LogP contribution >= 0.6 is 0 Å². The average Bonchev–Trinajstić information content (AvgIpc) is 2.66. The topological polar surface area (TPSA) is 90.9 Å². The lowest BCUT2D eigenvalue weighted by molar-refractivity contribution is 0.371. The summed E-state index contributed by atoms with van der Waals surface area (Å²) in [7, 11) is 0. The molecule has 0 fully saturated rings. The molecule has 4 rings (SSSR count). The van der Waals surface area contributed by atoms with Crippen molar-refractivity contribution in [3.05, 3.63) is 76.5 Å². The van der Waals surface area contributed by atoms with Crippen LogP contribution in [0.1, 0.15) is 5.56 Å². The summed E-state index contributed by atoms with van der Waals surface area (Å²) in [6, 6.07) is 17.5. The van der Waals surface area contributed by atoms with Crippen LogP contribution in [0.25, 0.3) is 33.4 Å². The van der Waals surface area contributed by atoms with Gasteiger partial charge in [-0.2, -0.15) is 0 Å². The predicted octanol–water partition coefficient (Wildman–Crippen LogP) is 4.55. The Kier molecular flexibility index (Phi) is 3.85. The van der Waals surface area contributed by atoms with Crippen molar-refractivity contribution >= 4 is 11.0 Å². The van der Waals surface area contributed by atoms with Crippen molar-refractivity contribution in [3.63, 3.8) is 0 Å². The van der Waals surface area contributed by atoms with Crippen LogP contribution in [-0.4, -0.2) is 15.3 Å². The third kappa shape index (κ3) is 2.69. The van der Waals surface area contributed by atoms with Crippen LogP contribution in [0.15, 0.2) is 69.9 Å². The summed E-state index contributed by atoms with van der Waals surface area (Å²) in [6.07, 6.45) is 0. The monoisotopic (exact) mass is 360 g/mol. The van der Waals surface area contributed by atoms with E-state index in [0.717, 1.165) is 5.56 Å². The second kappa shape index (κ2) is 6.21. The number of phenolic OH excluding ortho intramolecular Hbond substituents is 3. The number of aryl methyl sites for hydroxylation is 1. The number of rotatable bonds is 2. The molecular formula is C22H16O5. The van der Waals surface area contributed by atoms with Gasteiger partial charge in [0, 0.05) is 11.6 Å². The molecule has 1 aromatic heterocycles. The summed E-state index contributed by atoms with van der Waals surface area (Å²) in [5.74, 6) is -1.70.